The number of methoxy groups -OCH3 is 1. The summed E-state index contributed by atoms with van der Waals surface area (Å²) in [6.45, 7) is 0. The summed E-state index contributed by atoms with van der Waals surface area (Å²) in [6, 6.07) is 16.2. The van der Waals surface area contributed by atoms with Gasteiger partial charge in [0.1, 0.15) is 5.75 Å². The Kier molecular flexibility index (Phi) is 3.65. The van der Waals surface area contributed by atoms with Crippen molar-refractivity contribution in [2.24, 2.45) is 7.05 Å². The van der Waals surface area contributed by atoms with Crippen molar-refractivity contribution < 1.29 is 4.74 Å². The van der Waals surface area contributed by atoms with Gasteiger partial charge in [0.15, 0.2) is 0 Å². The molecule has 4 rings (SSSR count). The molecule has 0 spiro atoms. The summed E-state index contributed by atoms with van der Waals surface area (Å²) in [5.41, 5.74) is 4.27. The molecular weight excluding hydrogens is 366 g/mol. The highest BCUT2D eigenvalue weighted by Gasteiger charge is 2.12. The number of aryl methyl sites for hydroxylation is 1. The molecule has 0 unspecified atom stereocenters. The minimum Gasteiger partial charge on any atom is -0.497 e. The Hall–Kier alpha value is -2.53. The van der Waals surface area contributed by atoms with E-state index in [-0.39, 0.29) is 0 Å². The Morgan fingerprint density at radius 1 is 1.00 bits per heavy atom. The molecule has 0 N–H and O–H groups in total. The zero-order valence-corrected chi connectivity index (χ0v) is 15.0. The molecule has 0 aliphatic rings. The largest absolute Gasteiger partial charge is 0.497 e. The van der Waals surface area contributed by atoms with Gasteiger partial charge >= 0.3 is 0 Å². The molecule has 24 heavy (non-hydrogen) atoms. The molecule has 4 nitrogen and oxygen atoms in total. The van der Waals surface area contributed by atoms with Crippen LogP contribution in [0.3, 0.4) is 0 Å². The van der Waals surface area contributed by atoms with Gasteiger partial charge in [-0.25, -0.2) is 4.98 Å². The van der Waals surface area contributed by atoms with Gasteiger partial charge in [-0.3, -0.25) is 4.40 Å². The van der Waals surface area contributed by atoms with Gasteiger partial charge in [-0.1, -0.05) is 40.2 Å². The van der Waals surface area contributed by atoms with E-state index in [1.165, 1.54) is 0 Å². The number of ether oxygens (including phenoxy) is 1. The van der Waals surface area contributed by atoms with Crippen LogP contribution in [0.15, 0.2) is 65.4 Å². The fourth-order valence-corrected chi connectivity index (χ4v) is 3.13. The van der Waals surface area contributed by atoms with Crippen LogP contribution in [-0.2, 0) is 7.05 Å². The summed E-state index contributed by atoms with van der Waals surface area (Å²) in [6.07, 6.45) is 4.15. The second-order valence-electron chi connectivity index (χ2n) is 5.65. The number of imidazole rings is 2. The second-order valence-corrected chi connectivity index (χ2v) is 6.56. The van der Waals surface area contributed by atoms with Gasteiger partial charge in [-0.05, 0) is 29.8 Å². The molecule has 120 valence electrons. The molecule has 0 saturated carbocycles. The third-order valence-corrected chi connectivity index (χ3v) is 4.67. The van der Waals surface area contributed by atoms with Gasteiger partial charge in [-0.15, -0.1) is 0 Å². The van der Waals surface area contributed by atoms with Gasteiger partial charge in [0.25, 0.3) is 0 Å². The van der Waals surface area contributed by atoms with E-state index in [2.05, 4.69) is 43.2 Å². The monoisotopic (exact) mass is 381 g/mol. The van der Waals surface area contributed by atoms with Crippen molar-refractivity contribution in [2.75, 3.05) is 7.11 Å². The van der Waals surface area contributed by atoms with Crippen molar-refractivity contribution in [1.82, 2.24) is 14.0 Å². The second kappa shape index (κ2) is 5.83. The molecule has 0 amide bonds. The zero-order chi connectivity index (χ0) is 16.7. The van der Waals surface area contributed by atoms with Crippen molar-refractivity contribution in [3.05, 3.63) is 65.4 Å². The first-order valence-electron chi connectivity index (χ1n) is 7.60. The molecule has 0 aliphatic heterocycles. The van der Waals surface area contributed by atoms with Crippen LogP contribution in [0.4, 0.5) is 0 Å². The Bertz CT molecular complexity index is 1010. The first kappa shape index (κ1) is 15.0. The van der Waals surface area contributed by atoms with E-state index in [9.17, 15) is 0 Å². The molecule has 0 fully saturated rings. The predicted molar refractivity (Wildman–Crippen MR) is 99.3 cm³/mol. The summed E-state index contributed by atoms with van der Waals surface area (Å²) in [7, 11) is 3.71. The lowest BCUT2D eigenvalue weighted by molar-refractivity contribution is 0.415. The highest BCUT2D eigenvalue weighted by atomic mass is 79.9. The van der Waals surface area contributed by atoms with Crippen molar-refractivity contribution in [2.45, 2.75) is 0 Å². The maximum absolute atomic E-state index is 5.30. The molecule has 0 atom stereocenters. The van der Waals surface area contributed by atoms with E-state index in [0.29, 0.717) is 0 Å². The number of nitrogens with zero attached hydrogens (tertiary/aromatic N) is 3. The quantitative estimate of drug-likeness (QED) is 0.511. The fraction of sp³-hybridized carbons (Fsp3) is 0.105. The van der Waals surface area contributed by atoms with E-state index < -0.39 is 0 Å². The van der Waals surface area contributed by atoms with Crippen molar-refractivity contribution in [3.8, 4) is 28.3 Å². The highest BCUT2D eigenvalue weighted by Crippen LogP contribution is 2.27. The number of hydrogen-bond donors (Lipinski definition) is 0. The summed E-state index contributed by atoms with van der Waals surface area (Å²) >= 11 is 3.48. The topological polar surface area (TPSA) is 31.5 Å². The first-order chi connectivity index (χ1) is 11.7. The lowest BCUT2D eigenvalue weighted by Crippen LogP contribution is -1.92. The maximum atomic E-state index is 5.30. The number of halogens is 1. The van der Waals surface area contributed by atoms with Crippen LogP contribution in [0.5, 0.6) is 5.75 Å². The van der Waals surface area contributed by atoms with Gasteiger partial charge < -0.3 is 9.30 Å². The summed E-state index contributed by atoms with van der Waals surface area (Å²) in [5.74, 6) is 1.74. The fourth-order valence-electron chi connectivity index (χ4n) is 2.86. The normalized spacial score (nSPS) is 11.1. The van der Waals surface area contributed by atoms with Gasteiger partial charge in [-0.2, -0.15) is 0 Å². The summed E-state index contributed by atoms with van der Waals surface area (Å²) < 4.78 is 10.5. The van der Waals surface area contributed by atoms with E-state index in [1.54, 1.807) is 7.11 Å². The molecular formula is C19H16BrN3O. The van der Waals surface area contributed by atoms with Gasteiger partial charge in [0, 0.05) is 29.5 Å². The summed E-state index contributed by atoms with van der Waals surface area (Å²) in [5, 5.41) is 0. The number of benzene rings is 2. The lowest BCUT2D eigenvalue weighted by Gasteiger charge is -2.03. The molecule has 0 aliphatic carbocycles. The molecule has 2 heterocycles. The Labute approximate surface area is 148 Å². The summed E-state index contributed by atoms with van der Waals surface area (Å²) in [4.78, 5) is 4.78. The van der Waals surface area contributed by atoms with Crippen molar-refractivity contribution in [1.29, 1.82) is 0 Å². The van der Waals surface area contributed by atoms with Crippen LogP contribution >= 0.6 is 15.9 Å². The average Bonchev–Trinajstić information content (AvgIpc) is 3.16. The highest BCUT2D eigenvalue weighted by molar-refractivity contribution is 9.10. The van der Waals surface area contributed by atoms with Gasteiger partial charge in [0.05, 0.1) is 18.5 Å². The standard InChI is InChI=1S/C19H16BrN3O/c1-22-18(13-6-8-15(20)9-7-13)12-23-11-17(21-19(22)23)14-4-3-5-16(10-14)24-2/h3-12H,1-2H3. The minimum atomic E-state index is 0.833. The number of aromatic nitrogens is 3. The van der Waals surface area contributed by atoms with E-state index in [1.807, 2.05) is 49.6 Å². The SMILES string of the molecule is COc1cccc(-c2cn3cc(-c4ccc(Br)cc4)n(C)c3n2)c1. The molecule has 2 aromatic heterocycles. The average molecular weight is 382 g/mol. The van der Waals surface area contributed by atoms with E-state index in [0.717, 1.165) is 38.5 Å². The third-order valence-electron chi connectivity index (χ3n) is 4.14. The Morgan fingerprint density at radius 3 is 2.50 bits per heavy atom. The van der Waals surface area contributed by atoms with E-state index >= 15 is 0 Å². The third kappa shape index (κ3) is 2.51. The van der Waals surface area contributed by atoms with Crippen LogP contribution in [0.25, 0.3) is 28.3 Å². The van der Waals surface area contributed by atoms with E-state index in [4.69, 9.17) is 9.72 Å². The Balaban J connectivity index is 1.79. The lowest BCUT2D eigenvalue weighted by atomic mass is 10.1. The van der Waals surface area contributed by atoms with Crippen molar-refractivity contribution >= 4 is 21.7 Å². The van der Waals surface area contributed by atoms with Crippen LogP contribution in [0.1, 0.15) is 0 Å². The van der Waals surface area contributed by atoms with Gasteiger partial charge in [0.2, 0.25) is 5.78 Å². The number of rotatable bonds is 3. The molecule has 0 radical (unpaired) electrons. The molecule has 0 bridgehead atoms. The van der Waals surface area contributed by atoms with Crippen molar-refractivity contribution in [3.63, 3.8) is 0 Å². The molecule has 2 aromatic carbocycles. The maximum Gasteiger partial charge on any atom is 0.214 e. The molecule has 5 heteroatoms. The zero-order valence-electron chi connectivity index (χ0n) is 13.4. The predicted octanol–water partition coefficient (Wildman–Crippen LogP) is 4.78. The van der Waals surface area contributed by atoms with Crippen LogP contribution < -0.4 is 4.74 Å². The number of hydrogen-bond acceptors (Lipinski definition) is 2. The molecule has 4 aromatic rings. The molecule has 0 saturated heterocycles. The van der Waals surface area contributed by atoms with Crippen LogP contribution in [0, 0.1) is 0 Å². The first-order valence-corrected chi connectivity index (χ1v) is 8.40. The Morgan fingerprint density at radius 2 is 1.79 bits per heavy atom. The number of fused-ring (bicyclic) bond motifs is 1. The van der Waals surface area contributed by atoms with Crippen LogP contribution in [0.2, 0.25) is 0 Å². The van der Waals surface area contributed by atoms with Crippen LogP contribution in [-0.4, -0.2) is 21.1 Å². The minimum absolute atomic E-state index is 0.833. The smallest absolute Gasteiger partial charge is 0.214 e.